The summed E-state index contributed by atoms with van der Waals surface area (Å²) in [6, 6.07) is 4.20. The molecule has 0 spiro atoms. The van der Waals surface area contributed by atoms with Crippen molar-refractivity contribution in [3.05, 3.63) is 22.4 Å². The van der Waals surface area contributed by atoms with E-state index in [1.165, 1.54) is 4.88 Å². The Hall–Kier alpha value is -1.03. The number of carbonyl (C=O) groups excluding carboxylic acids is 1. The molecule has 8 heteroatoms. The lowest BCUT2D eigenvalue weighted by atomic mass is 10.2. The molecule has 130 valence electrons. The fraction of sp³-hybridized carbons (Fsp3) is 0.600. The summed E-state index contributed by atoms with van der Waals surface area (Å²) in [5, 5.41) is 11.5. The normalized spacial score (nSPS) is 15.3. The molecule has 1 aliphatic carbocycles. The predicted molar refractivity (Wildman–Crippen MR) is 105 cm³/mol. The quantitative estimate of drug-likeness (QED) is 0.338. The molecule has 0 aromatic carbocycles. The van der Waals surface area contributed by atoms with Gasteiger partial charge in [0.25, 0.3) is 0 Å². The summed E-state index contributed by atoms with van der Waals surface area (Å²) in [5.41, 5.74) is 0. The second-order valence-corrected chi connectivity index (χ2v) is 6.23. The number of ether oxygens (including phenoxy) is 1. The fourth-order valence-electron chi connectivity index (χ4n) is 2.17. The number of hydrogen-bond donors (Lipinski definition) is 3. The van der Waals surface area contributed by atoms with Crippen LogP contribution in [0.25, 0.3) is 0 Å². The number of guanidine groups is 1. The van der Waals surface area contributed by atoms with E-state index in [0.29, 0.717) is 19.1 Å². The van der Waals surface area contributed by atoms with Gasteiger partial charge >= 0.3 is 6.09 Å². The average molecular weight is 452 g/mol. The molecule has 1 unspecified atom stereocenters. The maximum Gasteiger partial charge on any atom is 0.407 e. The number of nitrogens with zero attached hydrogens (tertiary/aromatic N) is 1. The monoisotopic (exact) mass is 452 g/mol. The van der Waals surface area contributed by atoms with E-state index in [4.69, 9.17) is 4.74 Å². The highest BCUT2D eigenvalue weighted by Crippen LogP contribution is 2.32. The molecule has 23 heavy (non-hydrogen) atoms. The van der Waals surface area contributed by atoms with E-state index in [-0.39, 0.29) is 36.1 Å². The second kappa shape index (κ2) is 10.7. The Bertz CT molecular complexity index is 492. The first-order chi connectivity index (χ1) is 10.7. The molecule has 6 nitrogen and oxygen atoms in total. The molecule has 1 heterocycles. The summed E-state index contributed by atoms with van der Waals surface area (Å²) in [6.07, 6.45) is 1.96. The van der Waals surface area contributed by atoms with Crippen LogP contribution >= 0.6 is 35.3 Å². The first-order valence-electron chi connectivity index (χ1n) is 7.63. The maximum atomic E-state index is 11.6. The number of carbonyl (C=O) groups is 1. The van der Waals surface area contributed by atoms with Gasteiger partial charge in [-0.05, 0) is 37.1 Å². The van der Waals surface area contributed by atoms with E-state index in [2.05, 4.69) is 32.4 Å². The third-order valence-electron chi connectivity index (χ3n) is 3.49. The van der Waals surface area contributed by atoms with Crippen molar-refractivity contribution in [2.75, 3.05) is 20.2 Å². The summed E-state index contributed by atoms with van der Waals surface area (Å²) in [4.78, 5) is 17.0. The Morgan fingerprint density at radius 1 is 1.48 bits per heavy atom. The molecule has 1 atom stereocenters. The Morgan fingerprint density at radius 3 is 2.83 bits per heavy atom. The first kappa shape index (κ1) is 20.0. The van der Waals surface area contributed by atoms with Crippen molar-refractivity contribution in [2.24, 2.45) is 10.9 Å². The topological polar surface area (TPSA) is 74.8 Å². The van der Waals surface area contributed by atoms with Crippen molar-refractivity contribution < 1.29 is 9.53 Å². The van der Waals surface area contributed by atoms with Crippen LogP contribution in [0.2, 0.25) is 0 Å². The Labute approximate surface area is 158 Å². The third kappa shape index (κ3) is 7.38. The van der Waals surface area contributed by atoms with Gasteiger partial charge in [0.2, 0.25) is 0 Å². The number of alkyl carbamates (subject to hydrolysis) is 1. The predicted octanol–water partition coefficient (Wildman–Crippen LogP) is 2.56. The van der Waals surface area contributed by atoms with Crippen molar-refractivity contribution in [1.29, 1.82) is 0 Å². The van der Waals surface area contributed by atoms with Crippen molar-refractivity contribution in [3.63, 3.8) is 0 Å². The molecule has 3 N–H and O–H groups in total. The van der Waals surface area contributed by atoms with E-state index in [1.54, 1.807) is 25.3 Å². The van der Waals surface area contributed by atoms with Gasteiger partial charge < -0.3 is 20.7 Å². The molecular weight excluding hydrogens is 427 g/mol. The van der Waals surface area contributed by atoms with Crippen molar-refractivity contribution in [1.82, 2.24) is 16.0 Å². The third-order valence-corrected chi connectivity index (χ3v) is 4.37. The van der Waals surface area contributed by atoms with Crippen molar-refractivity contribution in [2.45, 2.75) is 32.4 Å². The number of halogens is 1. The highest BCUT2D eigenvalue weighted by Gasteiger charge is 2.32. The largest absolute Gasteiger partial charge is 0.450 e. The Kier molecular flexibility index (Phi) is 9.30. The zero-order valence-electron chi connectivity index (χ0n) is 13.5. The van der Waals surface area contributed by atoms with Crippen LogP contribution in [0.4, 0.5) is 4.79 Å². The highest BCUT2D eigenvalue weighted by molar-refractivity contribution is 14.0. The Morgan fingerprint density at radius 2 is 2.26 bits per heavy atom. The minimum Gasteiger partial charge on any atom is -0.450 e. The van der Waals surface area contributed by atoms with Crippen LogP contribution < -0.4 is 16.0 Å². The van der Waals surface area contributed by atoms with Crippen LogP contribution in [-0.2, 0) is 11.3 Å². The van der Waals surface area contributed by atoms with Gasteiger partial charge in [-0.3, -0.25) is 4.99 Å². The number of aliphatic imine (C=N–C) groups is 1. The van der Waals surface area contributed by atoms with Gasteiger partial charge in [-0.25, -0.2) is 4.79 Å². The lowest BCUT2D eigenvalue weighted by Crippen LogP contribution is -2.48. The molecule has 1 fully saturated rings. The van der Waals surface area contributed by atoms with Gasteiger partial charge in [0.1, 0.15) is 0 Å². The van der Waals surface area contributed by atoms with Crippen molar-refractivity contribution in [3.8, 4) is 0 Å². The van der Waals surface area contributed by atoms with E-state index in [1.807, 2.05) is 6.07 Å². The molecule has 1 aliphatic rings. The van der Waals surface area contributed by atoms with E-state index >= 15 is 0 Å². The van der Waals surface area contributed by atoms with Crippen LogP contribution in [-0.4, -0.2) is 38.3 Å². The second-order valence-electron chi connectivity index (χ2n) is 5.19. The molecule has 0 radical (unpaired) electrons. The van der Waals surface area contributed by atoms with E-state index in [0.717, 1.165) is 25.3 Å². The van der Waals surface area contributed by atoms with Gasteiger partial charge in [0.15, 0.2) is 5.96 Å². The molecule has 1 aromatic rings. The minimum absolute atomic E-state index is 0. The number of amides is 1. The molecule has 0 saturated heterocycles. The minimum atomic E-state index is -0.345. The van der Waals surface area contributed by atoms with Crippen LogP contribution in [0, 0.1) is 5.92 Å². The highest BCUT2D eigenvalue weighted by atomic mass is 127. The van der Waals surface area contributed by atoms with Crippen LogP contribution in [0.15, 0.2) is 22.5 Å². The van der Waals surface area contributed by atoms with E-state index in [9.17, 15) is 4.79 Å². The molecule has 1 amide bonds. The molecule has 1 saturated carbocycles. The SMILES string of the molecule is CCOC(=O)NC(CNC(=NC)NCc1cccs1)C1CC1.I. The summed E-state index contributed by atoms with van der Waals surface area (Å²) in [7, 11) is 1.74. The van der Waals surface area contributed by atoms with Crippen LogP contribution in [0.1, 0.15) is 24.6 Å². The number of rotatable bonds is 7. The zero-order valence-corrected chi connectivity index (χ0v) is 16.6. The molecule has 2 rings (SSSR count). The summed E-state index contributed by atoms with van der Waals surface area (Å²) in [5.74, 6) is 1.28. The van der Waals surface area contributed by atoms with Gasteiger partial charge in [-0.2, -0.15) is 0 Å². The number of hydrogen-bond acceptors (Lipinski definition) is 4. The fourth-order valence-corrected chi connectivity index (χ4v) is 2.81. The maximum absolute atomic E-state index is 11.6. The lowest BCUT2D eigenvalue weighted by Gasteiger charge is -2.20. The molecule has 0 bridgehead atoms. The molecule has 1 aromatic heterocycles. The summed E-state index contributed by atoms with van der Waals surface area (Å²) < 4.78 is 4.96. The molecular formula is C15H25IN4O2S. The summed E-state index contributed by atoms with van der Waals surface area (Å²) >= 11 is 1.71. The summed E-state index contributed by atoms with van der Waals surface area (Å²) in [6.45, 7) is 3.59. The van der Waals surface area contributed by atoms with E-state index < -0.39 is 0 Å². The van der Waals surface area contributed by atoms with Crippen LogP contribution in [0.3, 0.4) is 0 Å². The smallest absolute Gasteiger partial charge is 0.407 e. The van der Waals surface area contributed by atoms with Crippen molar-refractivity contribution >= 4 is 47.4 Å². The number of thiophene rings is 1. The number of nitrogens with one attached hydrogen (secondary N) is 3. The Balaban J connectivity index is 0.00000264. The first-order valence-corrected chi connectivity index (χ1v) is 8.51. The van der Waals surface area contributed by atoms with Gasteiger partial charge in [-0.15, -0.1) is 35.3 Å². The van der Waals surface area contributed by atoms with Gasteiger partial charge in [-0.1, -0.05) is 6.07 Å². The zero-order chi connectivity index (χ0) is 15.8. The molecule has 0 aliphatic heterocycles. The van der Waals surface area contributed by atoms with Gasteiger partial charge in [0, 0.05) is 18.5 Å². The van der Waals surface area contributed by atoms with Gasteiger partial charge in [0.05, 0.1) is 19.2 Å². The average Bonchev–Trinajstić information content (AvgIpc) is 3.23. The standard InChI is InChI=1S/C15H24N4O2S.HI/c1-3-21-15(20)19-13(11-6-7-11)10-18-14(16-2)17-9-12-5-4-8-22-12;/h4-5,8,11,13H,3,6-7,9-10H2,1-2H3,(H,19,20)(H2,16,17,18);1H. The lowest BCUT2D eigenvalue weighted by molar-refractivity contribution is 0.146. The van der Waals surface area contributed by atoms with Crippen LogP contribution in [0.5, 0.6) is 0 Å².